The molecule has 110 valence electrons. The number of hydrogen-bond acceptors (Lipinski definition) is 4. The van der Waals surface area contributed by atoms with E-state index in [4.69, 9.17) is 5.11 Å². The fourth-order valence-corrected chi connectivity index (χ4v) is 2.46. The van der Waals surface area contributed by atoms with Gasteiger partial charge in [0, 0.05) is 10.9 Å². The van der Waals surface area contributed by atoms with E-state index in [1.807, 2.05) is 0 Å². The van der Waals surface area contributed by atoms with Gasteiger partial charge in [0.1, 0.15) is 10.8 Å². The van der Waals surface area contributed by atoms with Crippen LogP contribution in [0.3, 0.4) is 0 Å². The third kappa shape index (κ3) is 3.43. The molecular formula is C14H13FN2O3S. The molecule has 0 aliphatic carbocycles. The zero-order valence-corrected chi connectivity index (χ0v) is 12.2. The van der Waals surface area contributed by atoms with E-state index in [1.165, 1.54) is 23.6 Å². The molecular weight excluding hydrogens is 295 g/mol. The number of carboxylic acid groups (broad SMARTS) is 1. The van der Waals surface area contributed by atoms with E-state index in [0.29, 0.717) is 10.6 Å². The maximum absolute atomic E-state index is 13.4. The minimum Gasteiger partial charge on any atom is -0.476 e. The smallest absolute Gasteiger partial charge is 0.355 e. The van der Waals surface area contributed by atoms with Gasteiger partial charge in [-0.05, 0) is 31.5 Å². The molecule has 1 amide bonds. The zero-order valence-electron chi connectivity index (χ0n) is 11.4. The molecule has 1 atom stereocenters. The number of aromatic carboxylic acids is 1. The average molecular weight is 308 g/mol. The molecule has 0 aliphatic heterocycles. The summed E-state index contributed by atoms with van der Waals surface area (Å²) < 4.78 is 13.4. The Labute approximate surface area is 124 Å². The first-order chi connectivity index (χ1) is 9.88. The number of hydrogen-bond donors (Lipinski definition) is 2. The lowest BCUT2D eigenvalue weighted by atomic mass is 10.1. The fourth-order valence-electron chi connectivity index (χ4n) is 1.66. The molecule has 7 heteroatoms. The summed E-state index contributed by atoms with van der Waals surface area (Å²) in [6.45, 7) is 3.30. The van der Waals surface area contributed by atoms with Crippen LogP contribution in [0.2, 0.25) is 0 Å². The highest BCUT2D eigenvalue weighted by Gasteiger charge is 2.17. The number of nitrogens with one attached hydrogen (secondary N) is 1. The van der Waals surface area contributed by atoms with Crippen LogP contribution in [0, 0.1) is 12.7 Å². The summed E-state index contributed by atoms with van der Waals surface area (Å²) >= 11 is 1.15. The SMILES string of the molecule is Cc1ccc(C(=O)NC(C)c2nc(C(=O)O)cs2)cc1F. The van der Waals surface area contributed by atoms with Crippen molar-refractivity contribution in [3.05, 3.63) is 51.2 Å². The van der Waals surface area contributed by atoms with Crippen LogP contribution in [-0.4, -0.2) is 22.0 Å². The van der Waals surface area contributed by atoms with Gasteiger partial charge in [-0.15, -0.1) is 11.3 Å². The van der Waals surface area contributed by atoms with Gasteiger partial charge in [0.2, 0.25) is 0 Å². The molecule has 1 heterocycles. The summed E-state index contributed by atoms with van der Waals surface area (Å²) in [5, 5.41) is 13.4. The van der Waals surface area contributed by atoms with E-state index >= 15 is 0 Å². The van der Waals surface area contributed by atoms with Gasteiger partial charge in [-0.1, -0.05) is 6.07 Å². The van der Waals surface area contributed by atoms with E-state index < -0.39 is 23.7 Å². The van der Waals surface area contributed by atoms with Crippen LogP contribution in [0.15, 0.2) is 23.6 Å². The first-order valence-corrected chi connectivity index (χ1v) is 7.02. The molecule has 1 aromatic heterocycles. The molecule has 0 saturated carbocycles. The van der Waals surface area contributed by atoms with E-state index in [2.05, 4.69) is 10.3 Å². The Morgan fingerprint density at radius 3 is 2.71 bits per heavy atom. The second kappa shape index (κ2) is 6.01. The number of aryl methyl sites for hydroxylation is 1. The number of nitrogens with zero attached hydrogens (tertiary/aromatic N) is 1. The molecule has 2 rings (SSSR count). The highest BCUT2D eigenvalue weighted by atomic mass is 32.1. The quantitative estimate of drug-likeness (QED) is 0.910. The average Bonchev–Trinajstić information content (AvgIpc) is 2.91. The van der Waals surface area contributed by atoms with Gasteiger partial charge in [0.15, 0.2) is 5.69 Å². The van der Waals surface area contributed by atoms with Gasteiger partial charge in [-0.2, -0.15) is 0 Å². The zero-order chi connectivity index (χ0) is 15.6. The first kappa shape index (κ1) is 15.1. The van der Waals surface area contributed by atoms with E-state index in [-0.39, 0.29) is 11.3 Å². The number of rotatable bonds is 4. The van der Waals surface area contributed by atoms with Crippen LogP contribution in [0.25, 0.3) is 0 Å². The molecule has 1 unspecified atom stereocenters. The van der Waals surface area contributed by atoms with Crippen LogP contribution in [0.5, 0.6) is 0 Å². The van der Waals surface area contributed by atoms with E-state index in [9.17, 15) is 14.0 Å². The Hall–Kier alpha value is -2.28. The van der Waals surface area contributed by atoms with Crippen LogP contribution < -0.4 is 5.32 Å². The molecule has 0 bridgehead atoms. The van der Waals surface area contributed by atoms with Crippen molar-refractivity contribution in [2.75, 3.05) is 0 Å². The van der Waals surface area contributed by atoms with Crippen molar-refractivity contribution >= 4 is 23.2 Å². The van der Waals surface area contributed by atoms with Crippen molar-refractivity contribution in [1.29, 1.82) is 0 Å². The van der Waals surface area contributed by atoms with Gasteiger partial charge in [-0.25, -0.2) is 14.2 Å². The Morgan fingerprint density at radius 2 is 2.14 bits per heavy atom. The molecule has 1 aromatic carbocycles. The largest absolute Gasteiger partial charge is 0.476 e. The highest BCUT2D eigenvalue weighted by molar-refractivity contribution is 7.09. The van der Waals surface area contributed by atoms with Crippen molar-refractivity contribution in [2.24, 2.45) is 0 Å². The number of halogens is 1. The fraction of sp³-hybridized carbons (Fsp3) is 0.214. The number of thiazole rings is 1. The maximum Gasteiger partial charge on any atom is 0.355 e. The third-order valence-corrected chi connectivity index (χ3v) is 3.92. The Morgan fingerprint density at radius 1 is 1.43 bits per heavy atom. The Bertz CT molecular complexity index is 699. The van der Waals surface area contributed by atoms with Gasteiger partial charge >= 0.3 is 5.97 Å². The van der Waals surface area contributed by atoms with Crippen molar-refractivity contribution in [2.45, 2.75) is 19.9 Å². The summed E-state index contributed by atoms with van der Waals surface area (Å²) in [5.41, 5.74) is 0.614. The van der Waals surface area contributed by atoms with Crippen LogP contribution in [-0.2, 0) is 0 Å². The number of benzene rings is 1. The van der Waals surface area contributed by atoms with E-state index in [0.717, 1.165) is 11.3 Å². The molecule has 0 radical (unpaired) electrons. The van der Waals surface area contributed by atoms with Crippen molar-refractivity contribution in [3.63, 3.8) is 0 Å². The number of amides is 1. The highest BCUT2D eigenvalue weighted by Crippen LogP contribution is 2.19. The first-order valence-electron chi connectivity index (χ1n) is 6.14. The lowest BCUT2D eigenvalue weighted by Crippen LogP contribution is -2.26. The second-order valence-electron chi connectivity index (χ2n) is 4.54. The summed E-state index contributed by atoms with van der Waals surface area (Å²) in [6, 6.07) is 3.77. The van der Waals surface area contributed by atoms with Crippen molar-refractivity contribution < 1.29 is 19.1 Å². The number of aromatic nitrogens is 1. The summed E-state index contributed by atoms with van der Waals surface area (Å²) in [6.07, 6.45) is 0. The number of carboxylic acids is 1. The monoisotopic (exact) mass is 308 g/mol. The van der Waals surface area contributed by atoms with Crippen molar-refractivity contribution in [1.82, 2.24) is 10.3 Å². The number of carbonyl (C=O) groups is 2. The van der Waals surface area contributed by atoms with E-state index in [1.54, 1.807) is 13.8 Å². The molecule has 21 heavy (non-hydrogen) atoms. The molecule has 5 nitrogen and oxygen atoms in total. The second-order valence-corrected chi connectivity index (χ2v) is 5.42. The van der Waals surface area contributed by atoms with Gasteiger partial charge < -0.3 is 10.4 Å². The Kier molecular flexibility index (Phi) is 4.32. The lowest BCUT2D eigenvalue weighted by molar-refractivity contribution is 0.0691. The molecule has 0 spiro atoms. The topological polar surface area (TPSA) is 79.3 Å². The summed E-state index contributed by atoms with van der Waals surface area (Å²) in [5.74, 6) is -2.00. The molecule has 2 N–H and O–H groups in total. The van der Waals surface area contributed by atoms with Crippen LogP contribution in [0.1, 0.15) is 44.4 Å². The summed E-state index contributed by atoms with van der Waals surface area (Å²) in [7, 11) is 0. The molecule has 0 fully saturated rings. The van der Waals surface area contributed by atoms with Gasteiger partial charge in [0.05, 0.1) is 6.04 Å². The predicted octanol–water partition coefficient (Wildman–Crippen LogP) is 2.78. The summed E-state index contributed by atoms with van der Waals surface area (Å²) in [4.78, 5) is 26.7. The van der Waals surface area contributed by atoms with Crippen LogP contribution in [0.4, 0.5) is 4.39 Å². The van der Waals surface area contributed by atoms with Crippen molar-refractivity contribution in [3.8, 4) is 0 Å². The minimum absolute atomic E-state index is 0.0579. The molecule has 2 aromatic rings. The maximum atomic E-state index is 13.4. The minimum atomic E-state index is -1.11. The lowest BCUT2D eigenvalue weighted by Gasteiger charge is -2.11. The normalized spacial score (nSPS) is 12.0. The third-order valence-electron chi connectivity index (χ3n) is 2.89. The standard InChI is InChI=1S/C14H13FN2O3S/c1-7-3-4-9(5-10(7)15)12(18)16-8(2)13-17-11(6-21-13)14(19)20/h3-6,8H,1-2H3,(H,16,18)(H,19,20). The Balaban J connectivity index is 2.10. The molecule has 0 saturated heterocycles. The number of carbonyl (C=O) groups excluding carboxylic acids is 1. The predicted molar refractivity (Wildman–Crippen MR) is 76.1 cm³/mol. The van der Waals surface area contributed by atoms with Gasteiger partial charge in [-0.3, -0.25) is 4.79 Å². The van der Waals surface area contributed by atoms with Gasteiger partial charge in [0.25, 0.3) is 5.91 Å². The van der Waals surface area contributed by atoms with Crippen LogP contribution >= 0.6 is 11.3 Å². The molecule has 0 aliphatic rings.